The molecule has 222 valence electrons. The van der Waals surface area contributed by atoms with Gasteiger partial charge in [-0.3, -0.25) is 23.5 Å². The van der Waals surface area contributed by atoms with E-state index in [4.69, 9.17) is 9.72 Å². The lowest BCUT2D eigenvalue weighted by molar-refractivity contribution is -0.0208. The molecule has 1 saturated carbocycles. The zero-order valence-corrected chi connectivity index (χ0v) is 24.7. The van der Waals surface area contributed by atoms with Gasteiger partial charge in [0.25, 0.3) is 5.56 Å². The summed E-state index contributed by atoms with van der Waals surface area (Å²) in [6, 6.07) is 9.66. The highest BCUT2D eigenvalue weighted by Gasteiger charge is 2.20. The van der Waals surface area contributed by atoms with Crippen LogP contribution in [0.5, 0.6) is 0 Å². The predicted molar refractivity (Wildman–Crippen MR) is 162 cm³/mol. The molecule has 43 heavy (non-hydrogen) atoms. The van der Waals surface area contributed by atoms with Gasteiger partial charge in [-0.25, -0.2) is 4.98 Å². The predicted octanol–water partition coefficient (Wildman–Crippen LogP) is 3.30. The van der Waals surface area contributed by atoms with Gasteiger partial charge < -0.3 is 19.5 Å². The first-order valence-corrected chi connectivity index (χ1v) is 15.6. The molecular weight excluding hydrogens is 566 g/mol. The summed E-state index contributed by atoms with van der Waals surface area (Å²) in [6.07, 6.45) is 8.96. The molecule has 0 radical (unpaired) electrons. The summed E-state index contributed by atoms with van der Waals surface area (Å²) in [5.41, 5.74) is 2.92. The monoisotopic (exact) mass is 598 g/mol. The number of likely N-dealkylation sites (N-methyl/N-ethyl adjacent to an activating group) is 1. The molecule has 1 aliphatic heterocycles. The minimum absolute atomic E-state index is 0.0182. The Morgan fingerprint density at radius 2 is 1.88 bits per heavy atom. The SMILES string of the molecule is CN1CCOC(c2ccc(Nc3ncc4cc(C#CC5CCCC5)c(=O)n(Cc5nccnc5CS(=O)[O-])c4n3)cc2)C1. The second kappa shape index (κ2) is 13.1. The second-order valence-electron chi connectivity index (χ2n) is 10.9. The van der Waals surface area contributed by atoms with Gasteiger partial charge in [0.15, 0.2) is 0 Å². The molecular formula is C31H32N7O4S-. The van der Waals surface area contributed by atoms with Crippen LogP contribution in [0.4, 0.5) is 11.6 Å². The van der Waals surface area contributed by atoms with Crippen molar-refractivity contribution in [3.05, 3.63) is 81.8 Å². The Kier molecular flexibility index (Phi) is 8.85. The third-order valence-electron chi connectivity index (χ3n) is 7.82. The Balaban J connectivity index is 1.35. The molecule has 2 aliphatic rings. The Bertz CT molecular complexity index is 1760. The fraction of sp³-hybridized carbons (Fsp3) is 0.387. The van der Waals surface area contributed by atoms with E-state index in [1.54, 1.807) is 12.3 Å². The number of morpholine rings is 1. The number of fused-ring (bicyclic) bond motifs is 1. The first-order valence-electron chi connectivity index (χ1n) is 14.4. The Hall–Kier alpha value is -4.02. The number of rotatable bonds is 7. The van der Waals surface area contributed by atoms with Crippen molar-refractivity contribution >= 4 is 33.7 Å². The molecule has 1 aliphatic carbocycles. The minimum Gasteiger partial charge on any atom is -0.772 e. The van der Waals surface area contributed by atoms with E-state index in [1.165, 1.54) is 17.0 Å². The topological polar surface area (TPSA) is 138 Å². The lowest BCUT2D eigenvalue weighted by Crippen LogP contribution is -2.35. The van der Waals surface area contributed by atoms with Gasteiger partial charge in [-0.1, -0.05) is 36.8 Å². The average Bonchev–Trinajstić information content (AvgIpc) is 3.53. The van der Waals surface area contributed by atoms with E-state index in [0.717, 1.165) is 50.0 Å². The quantitative estimate of drug-likeness (QED) is 0.249. The number of hydrogen-bond donors (Lipinski definition) is 1. The normalized spacial score (nSPS) is 18.3. The second-order valence-corrected chi connectivity index (χ2v) is 11.8. The van der Waals surface area contributed by atoms with Crippen LogP contribution in [-0.2, 0) is 28.1 Å². The molecule has 3 aromatic heterocycles. The number of hydrogen-bond acceptors (Lipinski definition) is 10. The van der Waals surface area contributed by atoms with Gasteiger partial charge in [0, 0.05) is 48.7 Å². The highest BCUT2D eigenvalue weighted by Crippen LogP contribution is 2.25. The average molecular weight is 599 g/mol. The third-order valence-corrected chi connectivity index (χ3v) is 8.33. The van der Waals surface area contributed by atoms with Crippen LogP contribution in [-0.4, -0.2) is 64.9 Å². The first-order chi connectivity index (χ1) is 20.9. The lowest BCUT2D eigenvalue weighted by Gasteiger charge is -2.30. The number of ether oxygens (including phenoxy) is 1. The van der Waals surface area contributed by atoms with Crippen LogP contribution in [0.2, 0.25) is 0 Å². The Labute approximate surface area is 252 Å². The Morgan fingerprint density at radius 1 is 1.12 bits per heavy atom. The molecule has 6 rings (SSSR count). The van der Waals surface area contributed by atoms with Gasteiger partial charge in [0.1, 0.15) is 5.65 Å². The van der Waals surface area contributed by atoms with Crippen molar-refractivity contribution in [2.75, 3.05) is 32.1 Å². The van der Waals surface area contributed by atoms with E-state index in [-0.39, 0.29) is 35.6 Å². The van der Waals surface area contributed by atoms with E-state index < -0.39 is 11.1 Å². The van der Waals surface area contributed by atoms with Crippen molar-refractivity contribution < 1.29 is 13.5 Å². The maximum absolute atomic E-state index is 13.8. The number of benzene rings is 1. The van der Waals surface area contributed by atoms with E-state index >= 15 is 0 Å². The lowest BCUT2D eigenvalue weighted by atomic mass is 10.1. The van der Waals surface area contributed by atoms with Gasteiger partial charge in [-0.15, -0.1) is 0 Å². The molecule has 1 N–H and O–H groups in total. The summed E-state index contributed by atoms with van der Waals surface area (Å²) in [5, 5.41) is 3.87. The van der Waals surface area contributed by atoms with E-state index in [1.807, 2.05) is 24.3 Å². The van der Waals surface area contributed by atoms with E-state index in [0.29, 0.717) is 34.8 Å². The van der Waals surface area contributed by atoms with Gasteiger partial charge in [0.2, 0.25) is 5.95 Å². The summed E-state index contributed by atoms with van der Waals surface area (Å²) in [5.74, 6) is 6.66. The van der Waals surface area contributed by atoms with Gasteiger partial charge in [0.05, 0.1) is 42.0 Å². The molecule has 1 aromatic carbocycles. The van der Waals surface area contributed by atoms with Crippen molar-refractivity contribution in [2.24, 2.45) is 5.92 Å². The molecule has 0 spiro atoms. The number of nitrogens with zero attached hydrogens (tertiary/aromatic N) is 6. The zero-order valence-electron chi connectivity index (χ0n) is 23.9. The van der Waals surface area contributed by atoms with Crippen LogP contribution in [0.25, 0.3) is 11.0 Å². The minimum atomic E-state index is -2.37. The molecule has 12 heteroatoms. The number of aromatic nitrogens is 5. The third kappa shape index (κ3) is 6.97. The van der Waals surface area contributed by atoms with Crippen LogP contribution in [0, 0.1) is 17.8 Å². The number of anilines is 2. The largest absolute Gasteiger partial charge is 0.772 e. The summed E-state index contributed by atoms with van der Waals surface area (Å²) in [4.78, 5) is 33.8. The summed E-state index contributed by atoms with van der Waals surface area (Å²) in [6.45, 7) is 2.44. The fourth-order valence-corrected chi connectivity index (χ4v) is 5.97. The van der Waals surface area contributed by atoms with Crippen molar-refractivity contribution in [2.45, 2.75) is 44.1 Å². The Morgan fingerprint density at radius 3 is 2.63 bits per heavy atom. The molecule has 11 nitrogen and oxygen atoms in total. The number of nitrogens with one attached hydrogen (secondary N) is 1. The molecule has 1 saturated heterocycles. The van der Waals surface area contributed by atoms with Crippen molar-refractivity contribution in [3.8, 4) is 11.8 Å². The molecule has 0 amide bonds. The van der Waals surface area contributed by atoms with Gasteiger partial charge in [-0.05, 0) is 54.7 Å². The maximum atomic E-state index is 13.8. The smallest absolute Gasteiger partial charge is 0.268 e. The summed E-state index contributed by atoms with van der Waals surface area (Å²) < 4.78 is 30.3. The molecule has 2 fully saturated rings. The molecule has 0 bridgehead atoms. The van der Waals surface area contributed by atoms with E-state index in [9.17, 15) is 13.6 Å². The van der Waals surface area contributed by atoms with Crippen molar-refractivity contribution in [3.63, 3.8) is 0 Å². The molecule has 4 aromatic rings. The van der Waals surface area contributed by atoms with E-state index in [2.05, 4.69) is 44.1 Å². The molecule has 4 heterocycles. The van der Waals surface area contributed by atoms with Crippen LogP contribution >= 0.6 is 0 Å². The van der Waals surface area contributed by atoms with Crippen LogP contribution < -0.4 is 10.9 Å². The summed E-state index contributed by atoms with van der Waals surface area (Å²) in [7, 11) is 2.09. The van der Waals surface area contributed by atoms with Gasteiger partial charge >= 0.3 is 0 Å². The number of pyridine rings is 1. The molecule has 2 atom stereocenters. The van der Waals surface area contributed by atoms with Crippen molar-refractivity contribution in [1.82, 2.24) is 29.4 Å². The highest BCUT2D eigenvalue weighted by molar-refractivity contribution is 7.78. The molecule has 2 unspecified atom stereocenters. The highest BCUT2D eigenvalue weighted by atomic mass is 32.2. The maximum Gasteiger partial charge on any atom is 0.268 e. The van der Waals surface area contributed by atoms with Crippen molar-refractivity contribution in [1.29, 1.82) is 0 Å². The summed E-state index contributed by atoms with van der Waals surface area (Å²) >= 11 is -2.37. The first kappa shape index (κ1) is 29.1. The van der Waals surface area contributed by atoms with Crippen LogP contribution in [0.15, 0.2) is 53.7 Å². The van der Waals surface area contributed by atoms with Gasteiger partial charge in [-0.2, -0.15) is 4.98 Å². The van der Waals surface area contributed by atoms with Crippen LogP contribution in [0.1, 0.15) is 54.3 Å². The van der Waals surface area contributed by atoms with Crippen LogP contribution in [0.3, 0.4) is 0 Å². The zero-order chi connectivity index (χ0) is 29.8. The fourth-order valence-electron chi connectivity index (χ4n) is 5.50. The standard InChI is InChI=1S/C31H33N7O4S/c1-37-14-15-42-28(19-37)22-8-10-25(11-9-22)35-31-34-17-24-16-23(7-6-21-4-2-3-5-21)30(39)38(29(24)36-31)18-26-27(20-43(40)41)33-13-12-32-26/h8-13,16-17,21,28H,2-5,14-15,18-20H2,1H3,(H,40,41)(H,34,35,36)/p-1.